The number of fused-ring (bicyclic) bond motifs is 1. The first-order valence-electron chi connectivity index (χ1n) is 8.55. The molecule has 0 radical (unpaired) electrons. The Morgan fingerprint density at radius 3 is 2.48 bits per heavy atom. The molecular weight excluding hydrogens is 396 g/mol. The summed E-state index contributed by atoms with van der Waals surface area (Å²) in [6, 6.07) is 10.2. The molecule has 2 aromatic rings. The number of benzene rings is 2. The van der Waals surface area contributed by atoms with Crippen molar-refractivity contribution in [2.45, 2.75) is 0 Å². The van der Waals surface area contributed by atoms with E-state index in [1.54, 1.807) is 36.4 Å². The molecule has 2 aromatic carbocycles. The number of hydrogen-bond acceptors (Lipinski definition) is 7. The third-order valence-corrected chi connectivity index (χ3v) is 4.74. The largest absolute Gasteiger partial charge is 0.496 e. The van der Waals surface area contributed by atoms with E-state index in [-0.39, 0.29) is 17.5 Å². The normalized spacial score (nSPS) is 16.8. The van der Waals surface area contributed by atoms with Crippen LogP contribution in [-0.4, -0.2) is 37.9 Å². The second-order valence-electron chi connectivity index (χ2n) is 6.08. The summed E-state index contributed by atoms with van der Waals surface area (Å²) in [5.74, 6) is 0.714. The van der Waals surface area contributed by atoms with Gasteiger partial charge in [-0.25, -0.2) is 4.90 Å². The molecular formula is C20H16N2O6S. The Labute approximate surface area is 171 Å². The SMILES string of the molecule is COc1cc2c(cc1/C=C1\C(=O)NC(=S)N(c3ccccc3OC)C1=O)OCO2. The van der Waals surface area contributed by atoms with Crippen LogP contribution in [-0.2, 0) is 9.59 Å². The van der Waals surface area contributed by atoms with Crippen molar-refractivity contribution < 1.29 is 28.5 Å². The van der Waals surface area contributed by atoms with Crippen molar-refractivity contribution >= 4 is 40.9 Å². The van der Waals surface area contributed by atoms with Gasteiger partial charge in [-0.3, -0.25) is 14.9 Å². The van der Waals surface area contributed by atoms with Gasteiger partial charge in [0.2, 0.25) is 6.79 Å². The maximum Gasteiger partial charge on any atom is 0.270 e. The van der Waals surface area contributed by atoms with Gasteiger partial charge >= 0.3 is 0 Å². The van der Waals surface area contributed by atoms with E-state index in [9.17, 15) is 9.59 Å². The maximum atomic E-state index is 13.2. The fraction of sp³-hybridized carbons (Fsp3) is 0.150. The molecule has 8 nitrogen and oxygen atoms in total. The molecule has 1 saturated heterocycles. The Hall–Kier alpha value is -3.59. The zero-order valence-electron chi connectivity index (χ0n) is 15.6. The molecule has 9 heteroatoms. The van der Waals surface area contributed by atoms with Crippen LogP contribution in [0.25, 0.3) is 6.08 Å². The molecule has 0 unspecified atom stereocenters. The predicted molar refractivity (Wildman–Crippen MR) is 108 cm³/mol. The lowest BCUT2D eigenvalue weighted by atomic mass is 10.1. The summed E-state index contributed by atoms with van der Waals surface area (Å²) in [5, 5.41) is 2.52. The fourth-order valence-corrected chi connectivity index (χ4v) is 3.35. The summed E-state index contributed by atoms with van der Waals surface area (Å²) in [5.41, 5.74) is 0.804. The Kier molecular flexibility index (Phi) is 4.81. The summed E-state index contributed by atoms with van der Waals surface area (Å²) < 4.78 is 21.4. The summed E-state index contributed by atoms with van der Waals surface area (Å²) in [6.45, 7) is 0.0911. The van der Waals surface area contributed by atoms with E-state index in [4.69, 9.17) is 31.2 Å². The van der Waals surface area contributed by atoms with Crippen molar-refractivity contribution in [1.82, 2.24) is 5.32 Å². The Bertz CT molecular complexity index is 1060. The van der Waals surface area contributed by atoms with Gasteiger partial charge in [-0.1, -0.05) is 12.1 Å². The van der Waals surface area contributed by atoms with Crippen LogP contribution in [0.15, 0.2) is 42.0 Å². The van der Waals surface area contributed by atoms with Gasteiger partial charge in [0.15, 0.2) is 16.6 Å². The lowest BCUT2D eigenvalue weighted by Gasteiger charge is -2.29. The first kappa shape index (κ1) is 18.8. The molecule has 2 aliphatic heterocycles. The van der Waals surface area contributed by atoms with Crippen molar-refractivity contribution in [3.63, 3.8) is 0 Å². The molecule has 0 aromatic heterocycles. The summed E-state index contributed by atoms with van der Waals surface area (Å²) in [4.78, 5) is 27.0. The van der Waals surface area contributed by atoms with Crippen molar-refractivity contribution in [2.24, 2.45) is 0 Å². The zero-order chi connectivity index (χ0) is 20.5. The number of para-hydroxylation sites is 2. The second kappa shape index (κ2) is 7.44. The molecule has 0 saturated carbocycles. The first-order valence-corrected chi connectivity index (χ1v) is 8.96. The highest BCUT2D eigenvalue weighted by Gasteiger charge is 2.36. The van der Waals surface area contributed by atoms with E-state index in [1.807, 2.05) is 0 Å². The van der Waals surface area contributed by atoms with E-state index in [1.165, 1.54) is 25.2 Å². The molecule has 2 aliphatic rings. The van der Waals surface area contributed by atoms with Gasteiger partial charge < -0.3 is 18.9 Å². The van der Waals surface area contributed by atoms with Crippen LogP contribution in [0.5, 0.6) is 23.0 Å². The number of methoxy groups -OCH3 is 2. The smallest absolute Gasteiger partial charge is 0.270 e. The third-order valence-electron chi connectivity index (χ3n) is 4.45. The molecule has 0 spiro atoms. The molecule has 0 bridgehead atoms. The number of carbonyl (C=O) groups is 2. The summed E-state index contributed by atoms with van der Waals surface area (Å²) in [6.07, 6.45) is 1.43. The topological polar surface area (TPSA) is 86.3 Å². The number of amides is 2. The molecule has 29 heavy (non-hydrogen) atoms. The Morgan fingerprint density at radius 2 is 1.76 bits per heavy atom. The van der Waals surface area contributed by atoms with Crippen LogP contribution in [0.1, 0.15) is 5.56 Å². The Balaban J connectivity index is 1.79. The number of nitrogens with zero attached hydrogens (tertiary/aromatic N) is 1. The van der Waals surface area contributed by atoms with Crippen molar-refractivity contribution in [3.8, 4) is 23.0 Å². The second-order valence-corrected chi connectivity index (χ2v) is 6.46. The van der Waals surface area contributed by atoms with Gasteiger partial charge in [-0.05, 0) is 36.5 Å². The standard InChI is InChI=1S/C20H16N2O6S/c1-25-14-6-4-3-5-13(14)22-19(24)12(18(23)21-20(22)29)7-11-8-16-17(28-10-27-16)9-15(11)26-2/h3-9H,10H2,1-2H3,(H,21,23,29)/b12-7+. The van der Waals surface area contributed by atoms with E-state index in [0.29, 0.717) is 34.2 Å². The van der Waals surface area contributed by atoms with Gasteiger partial charge in [0.05, 0.1) is 19.9 Å². The molecule has 0 aliphatic carbocycles. The molecule has 148 valence electrons. The number of thiocarbonyl (C=S) groups is 1. The number of carbonyl (C=O) groups excluding carboxylic acids is 2. The number of ether oxygens (including phenoxy) is 4. The van der Waals surface area contributed by atoms with Gasteiger partial charge in [-0.2, -0.15) is 0 Å². The van der Waals surface area contributed by atoms with Crippen molar-refractivity contribution in [1.29, 1.82) is 0 Å². The lowest BCUT2D eigenvalue weighted by molar-refractivity contribution is -0.122. The van der Waals surface area contributed by atoms with Gasteiger partial charge in [0.25, 0.3) is 11.8 Å². The van der Waals surface area contributed by atoms with Crippen LogP contribution in [0, 0.1) is 0 Å². The van der Waals surface area contributed by atoms with Gasteiger partial charge in [0, 0.05) is 11.6 Å². The minimum Gasteiger partial charge on any atom is -0.496 e. The highest BCUT2D eigenvalue weighted by Crippen LogP contribution is 2.39. The summed E-state index contributed by atoms with van der Waals surface area (Å²) in [7, 11) is 2.97. The molecule has 0 atom stereocenters. The minimum absolute atomic E-state index is 0.0284. The van der Waals surface area contributed by atoms with Crippen LogP contribution < -0.4 is 29.2 Å². The van der Waals surface area contributed by atoms with Crippen LogP contribution in [0.3, 0.4) is 0 Å². The molecule has 1 fully saturated rings. The molecule has 2 heterocycles. The molecule has 1 N–H and O–H groups in total. The molecule has 4 rings (SSSR count). The lowest BCUT2D eigenvalue weighted by Crippen LogP contribution is -2.54. The number of nitrogens with one attached hydrogen (secondary N) is 1. The third kappa shape index (κ3) is 3.25. The van der Waals surface area contributed by atoms with Crippen LogP contribution >= 0.6 is 12.2 Å². The van der Waals surface area contributed by atoms with Crippen LogP contribution in [0.4, 0.5) is 5.69 Å². The van der Waals surface area contributed by atoms with E-state index in [2.05, 4.69) is 5.32 Å². The highest BCUT2D eigenvalue weighted by atomic mass is 32.1. The average molecular weight is 412 g/mol. The van der Waals surface area contributed by atoms with Crippen molar-refractivity contribution in [3.05, 3.63) is 47.5 Å². The number of rotatable bonds is 4. The first-order chi connectivity index (χ1) is 14.0. The van der Waals surface area contributed by atoms with E-state index < -0.39 is 11.8 Å². The number of anilines is 1. The van der Waals surface area contributed by atoms with Gasteiger partial charge in [-0.15, -0.1) is 0 Å². The van der Waals surface area contributed by atoms with Crippen molar-refractivity contribution in [2.75, 3.05) is 25.9 Å². The maximum absolute atomic E-state index is 13.2. The highest BCUT2D eigenvalue weighted by molar-refractivity contribution is 7.80. The minimum atomic E-state index is -0.606. The fourth-order valence-electron chi connectivity index (χ4n) is 3.07. The molecule has 2 amide bonds. The Morgan fingerprint density at radius 1 is 1.07 bits per heavy atom. The predicted octanol–water partition coefficient (Wildman–Crippen LogP) is 2.26. The van der Waals surface area contributed by atoms with Gasteiger partial charge in [0.1, 0.15) is 17.1 Å². The summed E-state index contributed by atoms with van der Waals surface area (Å²) >= 11 is 5.23. The van der Waals surface area contributed by atoms with E-state index in [0.717, 1.165) is 0 Å². The quantitative estimate of drug-likeness (QED) is 0.468. The zero-order valence-corrected chi connectivity index (χ0v) is 16.4. The number of hydrogen-bond donors (Lipinski definition) is 1. The van der Waals surface area contributed by atoms with Crippen LogP contribution in [0.2, 0.25) is 0 Å². The van der Waals surface area contributed by atoms with E-state index >= 15 is 0 Å². The monoisotopic (exact) mass is 412 g/mol. The average Bonchev–Trinajstić information content (AvgIpc) is 3.18.